The van der Waals surface area contributed by atoms with Crippen molar-refractivity contribution in [3.8, 4) is 11.5 Å². The van der Waals surface area contributed by atoms with Gasteiger partial charge < -0.3 is 18.9 Å². The van der Waals surface area contributed by atoms with E-state index in [0.29, 0.717) is 43.5 Å². The van der Waals surface area contributed by atoms with Crippen molar-refractivity contribution in [3.05, 3.63) is 71.4 Å². The van der Waals surface area contributed by atoms with E-state index in [1.165, 1.54) is 31.4 Å². The Hall–Kier alpha value is -3.49. The number of benzene rings is 2. The van der Waals surface area contributed by atoms with E-state index in [0.717, 1.165) is 12.8 Å². The second-order valence-electron chi connectivity index (χ2n) is 7.46. The van der Waals surface area contributed by atoms with Gasteiger partial charge in [0.15, 0.2) is 17.4 Å². The van der Waals surface area contributed by atoms with Gasteiger partial charge in [0.25, 0.3) is 5.91 Å². The van der Waals surface area contributed by atoms with Crippen LogP contribution in [0.1, 0.15) is 47.4 Å². The van der Waals surface area contributed by atoms with E-state index in [2.05, 4.69) is 10.1 Å². The molecule has 9 heteroatoms. The van der Waals surface area contributed by atoms with E-state index in [1.54, 1.807) is 23.1 Å². The fourth-order valence-corrected chi connectivity index (χ4v) is 3.69. The zero-order valence-electron chi connectivity index (χ0n) is 17.6. The molecule has 2 heterocycles. The van der Waals surface area contributed by atoms with E-state index in [-0.39, 0.29) is 29.1 Å². The fourth-order valence-electron chi connectivity index (χ4n) is 3.69. The summed E-state index contributed by atoms with van der Waals surface area (Å²) in [4.78, 5) is 19.2. The Morgan fingerprint density at radius 2 is 2.00 bits per heavy atom. The van der Waals surface area contributed by atoms with Crippen molar-refractivity contribution in [2.75, 3.05) is 20.3 Å². The van der Waals surface area contributed by atoms with Gasteiger partial charge in [0.1, 0.15) is 17.6 Å². The van der Waals surface area contributed by atoms with Crippen molar-refractivity contribution < 1.29 is 27.6 Å². The topological polar surface area (TPSA) is 77.7 Å². The lowest BCUT2D eigenvalue weighted by Gasteiger charge is -2.33. The van der Waals surface area contributed by atoms with Crippen molar-refractivity contribution in [2.24, 2.45) is 0 Å². The quantitative estimate of drug-likeness (QED) is 0.541. The third-order valence-electron chi connectivity index (χ3n) is 5.34. The number of ether oxygens (including phenoxy) is 2. The average Bonchev–Trinajstić information content (AvgIpc) is 3.28. The van der Waals surface area contributed by atoms with Gasteiger partial charge in [-0.25, -0.2) is 8.78 Å². The molecule has 0 aliphatic carbocycles. The van der Waals surface area contributed by atoms with Crippen LogP contribution in [0.5, 0.6) is 11.5 Å². The molecule has 1 aliphatic rings. The van der Waals surface area contributed by atoms with Crippen molar-refractivity contribution in [1.82, 2.24) is 15.0 Å². The molecule has 1 aliphatic heterocycles. The Labute approximate surface area is 183 Å². The molecule has 0 saturated carbocycles. The summed E-state index contributed by atoms with van der Waals surface area (Å²) in [6.07, 6.45) is 2.83. The number of hydrogen-bond donors (Lipinski definition) is 0. The molecule has 1 amide bonds. The van der Waals surface area contributed by atoms with Crippen LogP contribution in [0, 0.1) is 11.6 Å². The minimum atomic E-state index is -0.590. The zero-order valence-corrected chi connectivity index (χ0v) is 17.6. The van der Waals surface area contributed by atoms with Gasteiger partial charge >= 0.3 is 0 Å². The monoisotopic (exact) mass is 443 g/mol. The maximum atomic E-state index is 14.1. The van der Waals surface area contributed by atoms with Gasteiger partial charge in [-0.15, -0.1) is 0 Å². The van der Waals surface area contributed by atoms with E-state index in [9.17, 15) is 13.6 Å². The van der Waals surface area contributed by atoms with Crippen molar-refractivity contribution in [2.45, 2.75) is 31.7 Å². The summed E-state index contributed by atoms with van der Waals surface area (Å²) in [5.74, 6) is 0.222. The molecule has 1 fully saturated rings. The molecule has 1 saturated heterocycles. The van der Waals surface area contributed by atoms with Crippen LogP contribution in [0.25, 0.3) is 0 Å². The number of amides is 1. The Balaban J connectivity index is 1.42. The summed E-state index contributed by atoms with van der Waals surface area (Å²) in [6, 6.07) is 9.53. The first-order chi connectivity index (χ1) is 15.5. The average molecular weight is 443 g/mol. The summed E-state index contributed by atoms with van der Waals surface area (Å²) >= 11 is 0. The van der Waals surface area contributed by atoms with E-state index in [1.807, 2.05) is 0 Å². The Kier molecular flexibility index (Phi) is 6.63. The lowest BCUT2D eigenvalue weighted by Crippen LogP contribution is -2.38. The largest absolute Gasteiger partial charge is 0.494 e. The number of carbonyl (C=O) groups is 1. The predicted octanol–water partition coefficient (Wildman–Crippen LogP) is 4.35. The summed E-state index contributed by atoms with van der Waals surface area (Å²) in [5, 5.41) is 4.00. The number of aromatic nitrogens is 2. The Morgan fingerprint density at radius 3 is 2.75 bits per heavy atom. The van der Waals surface area contributed by atoms with Crippen LogP contribution < -0.4 is 9.47 Å². The standard InChI is InChI=1S/C23H23F2N3O4/c1-30-20-10-5-15(14-18(20)25)23(29)28-12-3-2-4-19(28)22-26-21(27-32-22)11-13-31-17-8-6-16(24)7-9-17/h5-10,14,19H,2-4,11-13H2,1H3. The van der Waals surface area contributed by atoms with Crippen molar-refractivity contribution >= 4 is 5.91 Å². The van der Waals surface area contributed by atoms with Gasteiger partial charge in [-0.3, -0.25) is 4.79 Å². The first kappa shape index (κ1) is 21.7. The summed E-state index contributed by atoms with van der Waals surface area (Å²) < 4.78 is 43.0. The van der Waals surface area contributed by atoms with Gasteiger partial charge in [-0.2, -0.15) is 4.98 Å². The molecule has 3 aromatic rings. The van der Waals surface area contributed by atoms with Crippen LogP contribution in [-0.4, -0.2) is 41.2 Å². The highest BCUT2D eigenvalue weighted by atomic mass is 19.1. The molecule has 0 spiro atoms. The van der Waals surface area contributed by atoms with Gasteiger partial charge in [0.2, 0.25) is 5.89 Å². The molecule has 0 radical (unpaired) electrons. The Bertz CT molecular complexity index is 1070. The molecule has 0 N–H and O–H groups in total. The molecule has 168 valence electrons. The van der Waals surface area contributed by atoms with Crippen LogP contribution in [0.15, 0.2) is 47.0 Å². The maximum absolute atomic E-state index is 14.1. The highest BCUT2D eigenvalue weighted by Gasteiger charge is 2.33. The summed E-state index contributed by atoms with van der Waals surface area (Å²) in [6.45, 7) is 0.811. The Morgan fingerprint density at radius 1 is 1.19 bits per heavy atom. The van der Waals surface area contributed by atoms with Crippen molar-refractivity contribution in [3.63, 3.8) is 0 Å². The van der Waals surface area contributed by atoms with Gasteiger partial charge in [0.05, 0.1) is 13.7 Å². The van der Waals surface area contributed by atoms with Crippen LogP contribution >= 0.6 is 0 Å². The van der Waals surface area contributed by atoms with Gasteiger partial charge in [0, 0.05) is 18.5 Å². The normalized spacial score (nSPS) is 16.1. The first-order valence-electron chi connectivity index (χ1n) is 10.4. The molecule has 1 unspecified atom stereocenters. The van der Waals surface area contributed by atoms with Crippen LogP contribution in [0.2, 0.25) is 0 Å². The second kappa shape index (κ2) is 9.76. The predicted molar refractivity (Wildman–Crippen MR) is 110 cm³/mol. The smallest absolute Gasteiger partial charge is 0.254 e. The first-order valence-corrected chi connectivity index (χ1v) is 10.4. The zero-order chi connectivity index (χ0) is 22.5. The summed E-state index contributed by atoms with van der Waals surface area (Å²) in [7, 11) is 1.37. The number of methoxy groups -OCH3 is 1. The minimum Gasteiger partial charge on any atom is -0.494 e. The molecule has 1 aromatic heterocycles. The lowest BCUT2D eigenvalue weighted by atomic mass is 10.0. The van der Waals surface area contributed by atoms with E-state index >= 15 is 0 Å². The second-order valence-corrected chi connectivity index (χ2v) is 7.46. The molecular formula is C23H23F2N3O4. The third-order valence-corrected chi connectivity index (χ3v) is 5.34. The summed E-state index contributed by atoms with van der Waals surface area (Å²) in [5.41, 5.74) is 0.239. The lowest BCUT2D eigenvalue weighted by molar-refractivity contribution is 0.0561. The highest BCUT2D eigenvalue weighted by Crippen LogP contribution is 2.32. The minimum absolute atomic E-state index is 0.0844. The van der Waals surface area contributed by atoms with E-state index < -0.39 is 5.82 Å². The van der Waals surface area contributed by atoms with Crippen LogP contribution in [0.3, 0.4) is 0 Å². The number of rotatable bonds is 7. The number of nitrogens with zero attached hydrogens (tertiary/aromatic N) is 3. The van der Waals surface area contributed by atoms with Crippen LogP contribution in [-0.2, 0) is 6.42 Å². The number of carbonyl (C=O) groups excluding carboxylic acids is 1. The molecule has 1 atom stereocenters. The molecule has 2 aromatic carbocycles. The molecule has 4 rings (SSSR count). The number of hydrogen-bond acceptors (Lipinski definition) is 6. The number of halogens is 2. The van der Waals surface area contributed by atoms with Gasteiger partial charge in [-0.1, -0.05) is 5.16 Å². The van der Waals surface area contributed by atoms with E-state index in [4.69, 9.17) is 14.0 Å². The highest BCUT2D eigenvalue weighted by molar-refractivity contribution is 5.94. The number of piperidine rings is 1. The molecule has 32 heavy (non-hydrogen) atoms. The molecular weight excluding hydrogens is 420 g/mol. The SMILES string of the molecule is COc1ccc(C(=O)N2CCCCC2c2nc(CCOc3ccc(F)cc3)no2)cc1F. The van der Waals surface area contributed by atoms with Crippen LogP contribution in [0.4, 0.5) is 8.78 Å². The van der Waals surface area contributed by atoms with Gasteiger partial charge in [-0.05, 0) is 61.7 Å². The third kappa shape index (κ3) is 4.87. The fraction of sp³-hybridized carbons (Fsp3) is 0.348. The van der Waals surface area contributed by atoms with Crippen molar-refractivity contribution in [1.29, 1.82) is 0 Å². The molecule has 0 bridgehead atoms. The maximum Gasteiger partial charge on any atom is 0.254 e. The number of likely N-dealkylation sites (tertiary alicyclic amines) is 1. The molecule has 7 nitrogen and oxygen atoms in total.